The highest BCUT2D eigenvalue weighted by molar-refractivity contribution is 5.79. The van der Waals surface area contributed by atoms with Gasteiger partial charge in [-0.15, -0.1) is 0 Å². The summed E-state index contributed by atoms with van der Waals surface area (Å²) in [6, 6.07) is 10.1. The second-order valence-corrected chi connectivity index (χ2v) is 4.73. The van der Waals surface area contributed by atoms with Gasteiger partial charge in [-0.1, -0.05) is 18.2 Å². The zero-order chi connectivity index (χ0) is 12.2. The zero-order valence-electron chi connectivity index (χ0n) is 10.3. The quantitative estimate of drug-likeness (QED) is 0.830. The summed E-state index contributed by atoms with van der Waals surface area (Å²) in [7, 11) is 0. The van der Waals surface area contributed by atoms with Crippen LogP contribution in [0.15, 0.2) is 36.5 Å². The molecule has 1 aromatic heterocycles. The smallest absolute Gasteiger partial charge is 0.138 e. The van der Waals surface area contributed by atoms with Crippen LogP contribution in [0.2, 0.25) is 0 Å². The Labute approximate surface area is 107 Å². The normalized spacial score (nSPS) is 16.9. The molecule has 0 bridgehead atoms. The summed E-state index contributed by atoms with van der Waals surface area (Å²) >= 11 is 0. The van der Waals surface area contributed by atoms with Crippen LogP contribution in [0.4, 0.5) is 0 Å². The third-order valence-corrected chi connectivity index (χ3v) is 3.39. The van der Waals surface area contributed by atoms with Crippen LogP contribution in [0.25, 0.3) is 10.9 Å². The van der Waals surface area contributed by atoms with Gasteiger partial charge in [0.1, 0.15) is 5.75 Å². The standard InChI is InChI=1S/C15H17NO2/c1-2-4-15-13(3-1)9-14(10-16-15)18-11-12-5-7-17-8-6-12/h1-4,9-10,12H,5-8,11H2. The number of fused-ring (bicyclic) bond motifs is 1. The maximum atomic E-state index is 5.84. The van der Waals surface area contributed by atoms with Crippen molar-refractivity contribution >= 4 is 10.9 Å². The predicted octanol–water partition coefficient (Wildman–Crippen LogP) is 3.04. The van der Waals surface area contributed by atoms with Crippen molar-refractivity contribution in [3.63, 3.8) is 0 Å². The molecule has 3 nitrogen and oxygen atoms in total. The first-order valence-electron chi connectivity index (χ1n) is 6.47. The number of benzene rings is 1. The fourth-order valence-electron chi connectivity index (χ4n) is 2.26. The van der Waals surface area contributed by atoms with Gasteiger partial charge in [-0.2, -0.15) is 0 Å². The van der Waals surface area contributed by atoms with E-state index in [9.17, 15) is 0 Å². The summed E-state index contributed by atoms with van der Waals surface area (Å²) < 4.78 is 11.2. The van der Waals surface area contributed by atoms with Crippen molar-refractivity contribution in [3.8, 4) is 5.75 Å². The lowest BCUT2D eigenvalue weighted by atomic mass is 10.0. The molecule has 1 aromatic carbocycles. The highest BCUT2D eigenvalue weighted by Crippen LogP contribution is 2.20. The number of nitrogens with zero attached hydrogens (tertiary/aromatic N) is 1. The Morgan fingerprint density at radius 1 is 1.22 bits per heavy atom. The van der Waals surface area contributed by atoms with Crippen molar-refractivity contribution in [2.45, 2.75) is 12.8 Å². The molecule has 0 N–H and O–H groups in total. The van der Waals surface area contributed by atoms with Gasteiger partial charge in [0.2, 0.25) is 0 Å². The number of pyridine rings is 1. The van der Waals surface area contributed by atoms with E-state index in [1.807, 2.05) is 24.4 Å². The van der Waals surface area contributed by atoms with Gasteiger partial charge in [-0.3, -0.25) is 4.98 Å². The van der Waals surface area contributed by atoms with Crippen molar-refractivity contribution in [1.82, 2.24) is 4.98 Å². The van der Waals surface area contributed by atoms with Gasteiger partial charge < -0.3 is 9.47 Å². The summed E-state index contributed by atoms with van der Waals surface area (Å²) in [6.07, 6.45) is 4.00. The molecule has 18 heavy (non-hydrogen) atoms. The molecule has 1 saturated heterocycles. The number of para-hydroxylation sites is 1. The summed E-state index contributed by atoms with van der Waals surface area (Å²) in [6.45, 7) is 2.50. The van der Waals surface area contributed by atoms with Crippen LogP contribution in [0.3, 0.4) is 0 Å². The molecule has 94 valence electrons. The molecule has 0 atom stereocenters. The molecule has 3 rings (SSSR count). The monoisotopic (exact) mass is 243 g/mol. The number of ether oxygens (including phenoxy) is 2. The Kier molecular flexibility index (Phi) is 3.42. The molecule has 2 heterocycles. The van der Waals surface area contributed by atoms with E-state index < -0.39 is 0 Å². The number of aromatic nitrogens is 1. The molecular formula is C15H17NO2. The van der Waals surface area contributed by atoms with E-state index in [4.69, 9.17) is 9.47 Å². The van der Waals surface area contributed by atoms with Gasteiger partial charge >= 0.3 is 0 Å². The van der Waals surface area contributed by atoms with E-state index in [0.29, 0.717) is 5.92 Å². The van der Waals surface area contributed by atoms with E-state index in [0.717, 1.165) is 49.3 Å². The lowest BCUT2D eigenvalue weighted by Crippen LogP contribution is -2.21. The number of hydrogen-bond donors (Lipinski definition) is 0. The van der Waals surface area contributed by atoms with Gasteiger partial charge in [0, 0.05) is 18.6 Å². The Hall–Kier alpha value is -1.61. The maximum absolute atomic E-state index is 5.84. The average Bonchev–Trinajstić information content (AvgIpc) is 2.46. The third-order valence-electron chi connectivity index (χ3n) is 3.39. The van der Waals surface area contributed by atoms with Gasteiger partial charge in [0.25, 0.3) is 0 Å². The van der Waals surface area contributed by atoms with Crippen LogP contribution in [-0.2, 0) is 4.74 Å². The second-order valence-electron chi connectivity index (χ2n) is 4.73. The Morgan fingerprint density at radius 3 is 2.94 bits per heavy atom. The molecule has 0 amide bonds. The van der Waals surface area contributed by atoms with E-state index >= 15 is 0 Å². The van der Waals surface area contributed by atoms with Crippen molar-refractivity contribution in [3.05, 3.63) is 36.5 Å². The second kappa shape index (κ2) is 5.36. The van der Waals surface area contributed by atoms with Crippen LogP contribution < -0.4 is 4.74 Å². The zero-order valence-corrected chi connectivity index (χ0v) is 10.3. The SMILES string of the molecule is c1ccc2ncc(OCC3CCOCC3)cc2c1. The van der Waals surface area contributed by atoms with Crippen molar-refractivity contribution < 1.29 is 9.47 Å². The molecule has 1 aliphatic heterocycles. The molecule has 0 spiro atoms. The molecule has 0 aliphatic carbocycles. The minimum atomic E-state index is 0.616. The molecule has 1 aliphatic rings. The van der Waals surface area contributed by atoms with Gasteiger partial charge in [0.05, 0.1) is 18.3 Å². The molecule has 0 unspecified atom stereocenters. The van der Waals surface area contributed by atoms with Crippen molar-refractivity contribution in [2.75, 3.05) is 19.8 Å². The van der Waals surface area contributed by atoms with Crippen molar-refractivity contribution in [1.29, 1.82) is 0 Å². The molecular weight excluding hydrogens is 226 g/mol. The number of hydrogen-bond acceptors (Lipinski definition) is 3. The Morgan fingerprint density at radius 2 is 2.06 bits per heavy atom. The molecule has 3 heteroatoms. The van der Waals surface area contributed by atoms with Crippen LogP contribution in [0.1, 0.15) is 12.8 Å². The van der Waals surface area contributed by atoms with Gasteiger partial charge in [-0.25, -0.2) is 0 Å². The minimum absolute atomic E-state index is 0.616. The molecule has 1 fully saturated rings. The fourth-order valence-corrected chi connectivity index (χ4v) is 2.26. The average molecular weight is 243 g/mol. The summed E-state index contributed by atoms with van der Waals surface area (Å²) in [4.78, 5) is 4.40. The summed E-state index contributed by atoms with van der Waals surface area (Å²) in [5.74, 6) is 1.48. The first-order valence-corrected chi connectivity index (χ1v) is 6.47. The van der Waals surface area contributed by atoms with E-state index in [-0.39, 0.29) is 0 Å². The Bertz CT molecular complexity index is 521. The van der Waals surface area contributed by atoms with Crippen LogP contribution >= 0.6 is 0 Å². The molecule has 0 saturated carbocycles. The minimum Gasteiger partial charge on any atom is -0.492 e. The molecule has 2 aromatic rings. The topological polar surface area (TPSA) is 31.4 Å². The predicted molar refractivity (Wildman–Crippen MR) is 70.8 cm³/mol. The van der Waals surface area contributed by atoms with Crippen LogP contribution in [-0.4, -0.2) is 24.8 Å². The van der Waals surface area contributed by atoms with Gasteiger partial charge in [-0.05, 0) is 30.9 Å². The first kappa shape index (κ1) is 11.5. The van der Waals surface area contributed by atoms with E-state index in [1.165, 1.54) is 0 Å². The van der Waals surface area contributed by atoms with Crippen molar-refractivity contribution in [2.24, 2.45) is 5.92 Å². The lowest BCUT2D eigenvalue weighted by Gasteiger charge is -2.22. The van der Waals surface area contributed by atoms with E-state index in [2.05, 4.69) is 17.1 Å². The largest absolute Gasteiger partial charge is 0.492 e. The lowest BCUT2D eigenvalue weighted by molar-refractivity contribution is 0.0497. The summed E-state index contributed by atoms with van der Waals surface area (Å²) in [5, 5.41) is 1.13. The van der Waals surface area contributed by atoms with Gasteiger partial charge in [0.15, 0.2) is 0 Å². The highest BCUT2D eigenvalue weighted by atomic mass is 16.5. The Balaban J connectivity index is 1.66. The molecule has 0 radical (unpaired) electrons. The van der Waals surface area contributed by atoms with Crippen LogP contribution in [0.5, 0.6) is 5.75 Å². The highest BCUT2D eigenvalue weighted by Gasteiger charge is 2.14. The van der Waals surface area contributed by atoms with Crippen LogP contribution in [0, 0.1) is 5.92 Å². The third kappa shape index (κ3) is 2.62. The summed E-state index contributed by atoms with van der Waals surface area (Å²) in [5.41, 5.74) is 1.01. The van der Waals surface area contributed by atoms with E-state index in [1.54, 1.807) is 0 Å². The fraction of sp³-hybridized carbons (Fsp3) is 0.400. The number of rotatable bonds is 3. The maximum Gasteiger partial charge on any atom is 0.138 e. The first-order chi connectivity index (χ1) is 8.92.